The van der Waals surface area contributed by atoms with Gasteiger partial charge in [0.2, 0.25) is 0 Å². The van der Waals surface area contributed by atoms with Gasteiger partial charge in [0.25, 0.3) is 13.0 Å². The van der Waals surface area contributed by atoms with Crippen molar-refractivity contribution in [1.82, 2.24) is 14.1 Å². The van der Waals surface area contributed by atoms with Crippen LogP contribution in [0.4, 0.5) is 0 Å². The average molecular weight is 1010 g/mol. The number of ether oxygens (including phenoxy) is 2. The fourth-order valence-electron chi connectivity index (χ4n) is 9.75. The van der Waals surface area contributed by atoms with Crippen molar-refractivity contribution < 1.29 is 35.1 Å². The summed E-state index contributed by atoms with van der Waals surface area (Å²) in [6.45, 7) is 11.6. The molecule has 0 fully saturated rings. The minimum absolute atomic E-state index is 0. The average Bonchev–Trinajstić information content (AvgIpc) is 3.84. The molecular formula is C54H41BN4O2PtSi-2. The van der Waals surface area contributed by atoms with E-state index in [0.29, 0.717) is 11.5 Å². The number of para-hydroxylation sites is 4. The number of aromatic nitrogens is 4. The number of imidazole rings is 1. The standard InChI is InChI=1S/C54H41BN4O2Si.Pt/c1-54(2,3)35-28-29-56-52(30-35)59-44-26-22-36(55-42-16-9-11-19-48(42)61-49-20-12-10-17-43(49)55)31-41(44)40-25-23-38(32-46(40)59)60-39-24-27-50-47(33-39)58-34-57(37-14-7-6-8-15-37)45-18-13-21-51(53(45)58)62(50,4)5;/h6-31H,1-5H3;/q-2;. The van der Waals surface area contributed by atoms with Crippen LogP contribution in [0, 0.1) is 18.5 Å². The van der Waals surface area contributed by atoms with Crippen LogP contribution in [0.1, 0.15) is 26.3 Å². The quantitative estimate of drug-likeness (QED) is 0.0987. The Kier molecular flexibility index (Phi) is 9.10. The van der Waals surface area contributed by atoms with Gasteiger partial charge in [-0.15, -0.1) is 34.8 Å². The summed E-state index contributed by atoms with van der Waals surface area (Å²) in [5, 5.41) is 4.88. The monoisotopic (exact) mass is 1010 g/mol. The fourth-order valence-corrected chi connectivity index (χ4v) is 12.7. The predicted molar refractivity (Wildman–Crippen MR) is 253 cm³/mol. The summed E-state index contributed by atoms with van der Waals surface area (Å²) >= 11 is 0. The molecule has 308 valence electrons. The number of hydrogen-bond acceptors (Lipinski definition) is 3. The number of benzene rings is 7. The molecule has 0 bridgehead atoms. The molecule has 6 nitrogen and oxygen atoms in total. The molecule has 0 aliphatic carbocycles. The maximum atomic E-state index is 6.78. The van der Waals surface area contributed by atoms with E-state index in [1.807, 2.05) is 30.5 Å². The summed E-state index contributed by atoms with van der Waals surface area (Å²) in [5.41, 5.74) is 11.0. The molecule has 2 aliphatic rings. The molecule has 0 spiro atoms. The van der Waals surface area contributed by atoms with Gasteiger partial charge in [-0.3, -0.25) is 4.57 Å². The topological polar surface area (TPSA) is 45.1 Å². The molecule has 0 radical (unpaired) electrons. The zero-order valence-corrected chi connectivity index (χ0v) is 38.8. The third kappa shape index (κ3) is 6.17. The Hall–Kier alpha value is -6.47. The Morgan fingerprint density at radius 2 is 1.41 bits per heavy atom. The molecule has 63 heavy (non-hydrogen) atoms. The van der Waals surface area contributed by atoms with Gasteiger partial charge in [0.1, 0.15) is 17.3 Å². The van der Waals surface area contributed by atoms with Crippen LogP contribution in [0.2, 0.25) is 13.1 Å². The Morgan fingerprint density at radius 1 is 0.698 bits per heavy atom. The minimum Gasteiger partial charge on any atom is -0.510 e. The molecule has 3 aromatic heterocycles. The van der Waals surface area contributed by atoms with Gasteiger partial charge in [0, 0.05) is 52.4 Å². The van der Waals surface area contributed by atoms with Gasteiger partial charge >= 0.3 is 0 Å². The van der Waals surface area contributed by atoms with Crippen molar-refractivity contribution in [2.75, 3.05) is 0 Å². The second-order valence-corrected chi connectivity index (χ2v) is 22.4. The SMILES string of the molecule is CC(C)(C)c1ccnc(-n2c3[c-]c(Oc4[c-]c5c(cc4)[Si](C)(C)c4cccc6c4n-5[c-][n+]6-c4ccccc4)ccc3c3cc(B4c5ccccc5Oc5ccccc54)ccc32)c1.[Pt]. The van der Waals surface area contributed by atoms with Gasteiger partial charge in [-0.05, 0) is 75.4 Å². The molecule has 5 heterocycles. The first kappa shape index (κ1) is 39.4. The van der Waals surface area contributed by atoms with Crippen LogP contribution < -0.4 is 40.8 Å². The van der Waals surface area contributed by atoms with Gasteiger partial charge in [0.15, 0.2) is 0 Å². The minimum atomic E-state index is -2.11. The number of pyridine rings is 1. The smallest absolute Gasteiger partial charge is 0.268 e. The maximum absolute atomic E-state index is 6.78. The van der Waals surface area contributed by atoms with Crippen LogP contribution in [-0.2, 0) is 26.5 Å². The molecule has 0 N–H and O–H groups in total. The number of hydrogen-bond donors (Lipinski definition) is 0. The first-order valence-corrected chi connectivity index (χ1v) is 24.2. The van der Waals surface area contributed by atoms with E-state index in [1.165, 1.54) is 26.9 Å². The first-order chi connectivity index (χ1) is 30.1. The molecular weight excluding hydrogens is 971 g/mol. The van der Waals surface area contributed by atoms with Crippen LogP contribution in [0.25, 0.3) is 50.0 Å². The maximum Gasteiger partial charge on any atom is 0.268 e. The van der Waals surface area contributed by atoms with Gasteiger partial charge in [-0.2, -0.15) is 12.1 Å². The van der Waals surface area contributed by atoms with E-state index >= 15 is 0 Å². The molecule has 0 atom stereocenters. The van der Waals surface area contributed by atoms with Gasteiger partial charge < -0.3 is 18.6 Å². The number of fused-ring (bicyclic) bond motifs is 7. The Labute approximate surface area is 382 Å². The molecule has 0 saturated carbocycles. The molecule has 0 amide bonds. The van der Waals surface area contributed by atoms with Crippen LogP contribution >= 0.6 is 0 Å². The summed E-state index contributed by atoms with van der Waals surface area (Å²) in [7, 11) is -2.11. The van der Waals surface area contributed by atoms with E-state index in [-0.39, 0.29) is 33.2 Å². The zero-order valence-electron chi connectivity index (χ0n) is 35.5. The van der Waals surface area contributed by atoms with Gasteiger partial charge in [-0.1, -0.05) is 135 Å². The predicted octanol–water partition coefficient (Wildman–Crippen LogP) is 8.65. The second kappa shape index (κ2) is 14.5. The van der Waals surface area contributed by atoms with Gasteiger partial charge in [-0.25, -0.2) is 4.98 Å². The van der Waals surface area contributed by atoms with E-state index in [0.717, 1.165) is 66.9 Å². The Balaban J connectivity index is 0.00000444. The fraction of sp³-hybridized carbons (Fsp3) is 0.111. The molecule has 12 rings (SSSR count). The van der Waals surface area contributed by atoms with Crippen molar-refractivity contribution in [3.63, 3.8) is 0 Å². The normalized spacial score (nSPS) is 13.6. The summed E-state index contributed by atoms with van der Waals surface area (Å²) in [6.07, 6.45) is 5.61. The van der Waals surface area contributed by atoms with Crippen molar-refractivity contribution in [3.05, 3.63) is 182 Å². The number of nitrogens with zero attached hydrogens (tertiary/aromatic N) is 4. The molecule has 0 saturated heterocycles. The van der Waals surface area contributed by atoms with Crippen molar-refractivity contribution in [3.8, 4) is 40.2 Å². The third-order valence-electron chi connectivity index (χ3n) is 12.9. The van der Waals surface area contributed by atoms with E-state index < -0.39 is 8.07 Å². The number of rotatable bonds is 5. The molecule has 7 aromatic carbocycles. The van der Waals surface area contributed by atoms with Crippen LogP contribution in [0.15, 0.2) is 158 Å². The largest absolute Gasteiger partial charge is 0.510 e. The second-order valence-electron chi connectivity index (χ2n) is 18.1. The summed E-state index contributed by atoms with van der Waals surface area (Å²) in [5.74, 6) is 3.84. The summed E-state index contributed by atoms with van der Waals surface area (Å²) in [4.78, 5) is 4.98. The molecule has 0 unspecified atom stereocenters. The van der Waals surface area contributed by atoms with E-state index in [2.05, 4.69) is 193 Å². The first-order valence-electron chi connectivity index (χ1n) is 21.2. The van der Waals surface area contributed by atoms with Crippen molar-refractivity contribution in [2.45, 2.75) is 39.3 Å². The Morgan fingerprint density at radius 3 is 2.17 bits per heavy atom. The molecule has 2 aliphatic heterocycles. The van der Waals surface area contributed by atoms with Crippen molar-refractivity contribution in [2.24, 2.45) is 0 Å². The van der Waals surface area contributed by atoms with E-state index in [4.69, 9.17) is 14.5 Å². The van der Waals surface area contributed by atoms with Crippen LogP contribution in [-0.4, -0.2) is 28.9 Å². The molecule has 10 aromatic rings. The van der Waals surface area contributed by atoms with Gasteiger partial charge in [0.05, 0.1) is 16.7 Å². The molecule has 9 heteroatoms. The summed E-state index contributed by atoms with van der Waals surface area (Å²) < 4.78 is 19.8. The van der Waals surface area contributed by atoms with E-state index in [1.54, 1.807) is 0 Å². The van der Waals surface area contributed by atoms with Crippen LogP contribution in [0.5, 0.6) is 23.0 Å². The summed E-state index contributed by atoms with van der Waals surface area (Å²) in [6, 6.07) is 61.0. The van der Waals surface area contributed by atoms with E-state index in [9.17, 15) is 0 Å². The van der Waals surface area contributed by atoms with Crippen molar-refractivity contribution >= 4 is 74.4 Å². The van der Waals surface area contributed by atoms with Crippen molar-refractivity contribution in [1.29, 1.82) is 0 Å². The zero-order chi connectivity index (χ0) is 41.9. The van der Waals surface area contributed by atoms with Crippen LogP contribution in [0.3, 0.4) is 0 Å². The third-order valence-corrected chi connectivity index (χ3v) is 16.4. The Bertz CT molecular complexity index is 3420.